The van der Waals surface area contributed by atoms with Crippen molar-refractivity contribution in [2.45, 2.75) is 19.4 Å². The molecule has 0 aliphatic carbocycles. The number of rotatable bonds is 3. The Morgan fingerprint density at radius 1 is 1.47 bits per heavy atom. The van der Waals surface area contributed by atoms with Crippen molar-refractivity contribution in [1.82, 2.24) is 0 Å². The minimum Gasteiger partial charge on any atom is -0.393 e. The van der Waals surface area contributed by atoms with E-state index in [1.54, 1.807) is 0 Å². The van der Waals surface area contributed by atoms with E-state index in [0.717, 1.165) is 6.07 Å². The minimum atomic E-state index is -1.10. The maximum absolute atomic E-state index is 13.2. The number of aliphatic hydroxyl groups excluding tert-OH is 1. The molecule has 0 aromatic heterocycles. The van der Waals surface area contributed by atoms with Crippen molar-refractivity contribution in [3.05, 3.63) is 39.4 Å². The van der Waals surface area contributed by atoms with Gasteiger partial charge in [0.05, 0.1) is 17.1 Å². The molecule has 0 bridgehead atoms. The number of halogens is 2. The molecule has 0 amide bonds. The second-order valence-corrected chi connectivity index (χ2v) is 3.21. The van der Waals surface area contributed by atoms with Crippen LogP contribution in [0.3, 0.4) is 0 Å². The van der Waals surface area contributed by atoms with Gasteiger partial charge in [-0.1, -0.05) is 0 Å². The molecule has 1 atom stereocenters. The number of hydrogen-bond donors (Lipinski definition) is 1. The zero-order chi connectivity index (χ0) is 11.6. The third-order valence-electron chi connectivity index (χ3n) is 1.83. The SMILES string of the molecule is CC(O)Cc1cc(F)c([N+](=O)[O-])cc1F. The normalized spacial score (nSPS) is 12.5. The van der Waals surface area contributed by atoms with Gasteiger partial charge in [-0.3, -0.25) is 10.1 Å². The third-order valence-corrected chi connectivity index (χ3v) is 1.83. The van der Waals surface area contributed by atoms with E-state index >= 15 is 0 Å². The molecule has 0 aliphatic rings. The van der Waals surface area contributed by atoms with Crippen molar-refractivity contribution in [2.75, 3.05) is 0 Å². The summed E-state index contributed by atoms with van der Waals surface area (Å²) < 4.78 is 26.2. The summed E-state index contributed by atoms with van der Waals surface area (Å²) in [6, 6.07) is 1.26. The lowest BCUT2D eigenvalue weighted by Crippen LogP contribution is -2.07. The summed E-state index contributed by atoms with van der Waals surface area (Å²) in [5, 5.41) is 19.2. The molecule has 1 aromatic rings. The van der Waals surface area contributed by atoms with Gasteiger partial charge in [0.15, 0.2) is 0 Å². The van der Waals surface area contributed by atoms with Crippen LogP contribution in [0.1, 0.15) is 12.5 Å². The summed E-state index contributed by atoms with van der Waals surface area (Å²) in [5.74, 6) is -1.99. The van der Waals surface area contributed by atoms with Crippen LogP contribution in [-0.4, -0.2) is 16.1 Å². The lowest BCUT2D eigenvalue weighted by molar-refractivity contribution is -0.387. The summed E-state index contributed by atoms with van der Waals surface area (Å²) in [4.78, 5) is 9.26. The maximum Gasteiger partial charge on any atom is 0.307 e. The molecular formula is C9H9F2NO3. The smallest absolute Gasteiger partial charge is 0.307 e. The van der Waals surface area contributed by atoms with E-state index in [2.05, 4.69) is 0 Å². The quantitative estimate of drug-likeness (QED) is 0.620. The van der Waals surface area contributed by atoms with Crippen LogP contribution < -0.4 is 0 Å². The Morgan fingerprint density at radius 3 is 2.53 bits per heavy atom. The summed E-state index contributed by atoms with van der Waals surface area (Å²) in [6.45, 7) is 1.42. The fraction of sp³-hybridized carbons (Fsp3) is 0.333. The first kappa shape index (κ1) is 11.5. The van der Waals surface area contributed by atoms with Gasteiger partial charge in [-0.2, -0.15) is 4.39 Å². The fourth-order valence-electron chi connectivity index (χ4n) is 1.19. The van der Waals surface area contributed by atoms with Gasteiger partial charge in [0, 0.05) is 6.42 Å². The van der Waals surface area contributed by atoms with E-state index in [0.29, 0.717) is 6.07 Å². The van der Waals surface area contributed by atoms with Crippen LogP contribution in [0.2, 0.25) is 0 Å². The van der Waals surface area contributed by atoms with Crippen LogP contribution in [-0.2, 0) is 6.42 Å². The van der Waals surface area contributed by atoms with Gasteiger partial charge in [0.1, 0.15) is 5.82 Å². The van der Waals surface area contributed by atoms with Crippen LogP contribution in [0.5, 0.6) is 0 Å². The minimum absolute atomic E-state index is 0.0758. The Morgan fingerprint density at radius 2 is 2.07 bits per heavy atom. The molecule has 15 heavy (non-hydrogen) atoms. The first-order chi connectivity index (χ1) is 6.91. The number of hydrogen-bond acceptors (Lipinski definition) is 3. The zero-order valence-electron chi connectivity index (χ0n) is 7.91. The summed E-state index contributed by atoms with van der Waals surface area (Å²) in [5.41, 5.74) is -0.977. The highest BCUT2D eigenvalue weighted by Crippen LogP contribution is 2.22. The molecule has 1 N–H and O–H groups in total. The average molecular weight is 217 g/mol. The molecule has 0 saturated carbocycles. The summed E-state index contributed by atoms with van der Waals surface area (Å²) in [7, 11) is 0. The molecule has 82 valence electrons. The first-order valence-corrected chi connectivity index (χ1v) is 4.22. The number of benzene rings is 1. The molecule has 6 heteroatoms. The first-order valence-electron chi connectivity index (χ1n) is 4.22. The third kappa shape index (κ3) is 2.69. The molecule has 0 saturated heterocycles. The van der Waals surface area contributed by atoms with Crippen LogP contribution in [0.15, 0.2) is 12.1 Å². The second kappa shape index (κ2) is 4.31. The van der Waals surface area contributed by atoms with Gasteiger partial charge in [-0.15, -0.1) is 0 Å². The molecule has 0 spiro atoms. The predicted octanol–water partition coefficient (Wildman–Crippen LogP) is 1.80. The monoisotopic (exact) mass is 217 g/mol. The number of nitro groups is 1. The highest BCUT2D eigenvalue weighted by Gasteiger charge is 2.18. The number of nitrogens with zero attached hydrogens (tertiary/aromatic N) is 1. The Balaban J connectivity index is 3.13. The Labute approximate surface area is 84.3 Å². The van der Waals surface area contributed by atoms with Gasteiger partial charge in [-0.05, 0) is 18.6 Å². The standard InChI is InChI=1S/C9H9F2NO3/c1-5(13)2-6-3-8(11)9(12(14)15)4-7(6)10/h3-5,13H,2H2,1H3. The molecule has 0 heterocycles. The highest BCUT2D eigenvalue weighted by atomic mass is 19.1. The largest absolute Gasteiger partial charge is 0.393 e. The molecule has 4 nitrogen and oxygen atoms in total. The average Bonchev–Trinajstić information content (AvgIpc) is 2.09. The number of aliphatic hydroxyl groups is 1. The van der Waals surface area contributed by atoms with Crippen LogP contribution in [0.25, 0.3) is 0 Å². The van der Waals surface area contributed by atoms with Crippen molar-refractivity contribution < 1.29 is 18.8 Å². The fourth-order valence-corrected chi connectivity index (χ4v) is 1.19. The maximum atomic E-state index is 13.2. The molecule has 1 aromatic carbocycles. The molecule has 0 aliphatic heterocycles. The van der Waals surface area contributed by atoms with Crippen LogP contribution in [0, 0.1) is 21.7 Å². The predicted molar refractivity (Wildman–Crippen MR) is 48.4 cm³/mol. The lowest BCUT2D eigenvalue weighted by Gasteiger charge is -2.05. The van der Waals surface area contributed by atoms with E-state index in [4.69, 9.17) is 5.11 Å². The zero-order valence-corrected chi connectivity index (χ0v) is 7.91. The number of nitro benzene ring substituents is 1. The van der Waals surface area contributed by atoms with Gasteiger partial charge >= 0.3 is 5.69 Å². The lowest BCUT2D eigenvalue weighted by atomic mass is 10.1. The summed E-state index contributed by atoms with van der Waals surface area (Å²) >= 11 is 0. The van der Waals surface area contributed by atoms with Crippen molar-refractivity contribution in [3.8, 4) is 0 Å². The topological polar surface area (TPSA) is 63.4 Å². The van der Waals surface area contributed by atoms with E-state index in [1.165, 1.54) is 6.92 Å². The molecule has 1 rings (SSSR count). The van der Waals surface area contributed by atoms with Crippen molar-refractivity contribution in [1.29, 1.82) is 0 Å². The Hall–Kier alpha value is -1.56. The Bertz CT molecular complexity index is 393. The summed E-state index contributed by atoms with van der Waals surface area (Å²) in [6.07, 6.45) is -0.916. The Kier molecular flexibility index (Phi) is 3.31. The van der Waals surface area contributed by atoms with Gasteiger partial charge in [-0.25, -0.2) is 4.39 Å². The molecule has 1 unspecified atom stereocenters. The van der Waals surface area contributed by atoms with E-state index in [-0.39, 0.29) is 12.0 Å². The second-order valence-electron chi connectivity index (χ2n) is 3.21. The van der Waals surface area contributed by atoms with Crippen molar-refractivity contribution in [3.63, 3.8) is 0 Å². The highest BCUT2D eigenvalue weighted by molar-refractivity contribution is 5.36. The molecule has 0 radical (unpaired) electrons. The van der Waals surface area contributed by atoms with E-state index < -0.39 is 28.3 Å². The van der Waals surface area contributed by atoms with Crippen LogP contribution in [0.4, 0.5) is 14.5 Å². The van der Waals surface area contributed by atoms with Gasteiger partial charge in [0.2, 0.25) is 5.82 Å². The van der Waals surface area contributed by atoms with E-state index in [1.807, 2.05) is 0 Å². The molecular weight excluding hydrogens is 208 g/mol. The molecule has 0 fully saturated rings. The van der Waals surface area contributed by atoms with Crippen molar-refractivity contribution in [2.24, 2.45) is 0 Å². The van der Waals surface area contributed by atoms with Crippen LogP contribution >= 0.6 is 0 Å². The van der Waals surface area contributed by atoms with Gasteiger partial charge in [0.25, 0.3) is 0 Å². The van der Waals surface area contributed by atoms with Crippen molar-refractivity contribution >= 4 is 5.69 Å². The van der Waals surface area contributed by atoms with Gasteiger partial charge < -0.3 is 5.11 Å². The van der Waals surface area contributed by atoms with E-state index in [9.17, 15) is 18.9 Å².